The van der Waals surface area contributed by atoms with Crippen molar-refractivity contribution in [1.29, 1.82) is 0 Å². The molecular formula is C15H13ClN6OS. The van der Waals surface area contributed by atoms with Crippen LogP contribution in [0.25, 0.3) is 21.5 Å². The Morgan fingerprint density at radius 1 is 1.33 bits per heavy atom. The van der Waals surface area contributed by atoms with Crippen molar-refractivity contribution < 1.29 is 4.79 Å². The lowest BCUT2D eigenvalue weighted by Crippen LogP contribution is -2.10. The Bertz CT molecular complexity index is 968. The summed E-state index contributed by atoms with van der Waals surface area (Å²) in [6.45, 7) is 0. The van der Waals surface area contributed by atoms with Gasteiger partial charge < -0.3 is 16.8 Å². The standard InChI is InChI=1S/C15H13ClN6OS/c16-7-3-6(4-19-5-7)11-9-10(17)12(13(18)23)24-14(9)22-15(21-11)20-8-1-2-8/h3-5,8H,1-2,17H2,(H2,18,23)(H,20,21,22). The maximum Gasteiger partial charge on any atom is 0.260 e. The third kappa shape index (κ3) is 2.63. The summed E-state index contributed by atoms with van der Waals surface area (Å²) in [5.41, 5.74) is 13.1. The molecule has 0 atom stereocenters. The normalized spacial score (nSPS) is 14.0. The average molecular weight is 361 g/mol. The predicted octanol–water partition coefficient (Wildman–Crippen LogP) is 2.66. The van der Waals surface area contributed by atoms with Crippen LogP contribution in [0.4, 0.5) is 11.6 Å². The minimum Gasteiger partial charge on any atom is -0.397 e. The largest absolute Gasteiger partial charge is 0.397 e. The number of nitrogens with two attached hydrogens (primary N) is 2. The molecule has 0 spiro atoms. The van der Waals surface area contributed by atoms with Gasteiger partial charge in [-0.3, -0.25) is 9.78 Å². The van der Waals surface area contributed by atoms with Crippen molar-refractivity contribution in [3.05, 3.63) is 28.4 Å². The first kappa shape index (κ1) is 15.1. The van der Waals surface area contributed by atoms with Gasteiger partial charge in [0, 0.05) is 24.0 Å². The highest BCUT2D eigenvalue weighted by Gasteiger charge is 2.25. The summed E-state index contributed by atoms with van der Waals surface area (Å²) < 4.78 is 0. The fraction of sp³-hybridized carbons (Fsp3) is 0.200. The molecule has 5 N–H and O–H groups in total. The van der Waals surface area contributed by atoms with Gasteiger partial charge in [0.15, 0.2) is 0 Å². The quantitative estimate of drug-likeness (QED) is 0.657. The fourth-order valence-corrected chi connectivity index (χ4v) is 3.55. The number of anilines is 2. The molecule has 3 aromatic rings. The zero-order valence-electron chi connectivity index (χ0n) is 12.4. The van der Waals surface area contributed by atoms with E-state index in [1.54, 1.807) is 18.5 Å². The molecule has 24 heavy (non-hydrogen) atoms. The summed E-state index contributed by atoms with van der Waals surface area (Å²) in [7, 11) is 0. The van der Waals surface area contributed by atoms with Gasteiger partial charge in [-0.15, -0.1) is 11.3 Å². The summed E-state index contributed by atoms with van der Waals surface area (Å²) in [5.74, 6) is -0.0837. The van der Waals surface area contributed by atoms with Gasteiger partial charge >= 0.3 is 0 Å². The molecule has 9 heteroatoms. The summed E-state index contributed by atoms with van der Waals surface area (Å²) in [6.07, 6.45) is 5.37. The fourth-order valence-electron chi connectivity index (χ4n) is 2.43. The molecule has 1 aliphatic carbocycles. The first-order chi connectivity index (χ1) is 11.5. The van der Waals surface area contributed by atoms with Crippen molar-refractivity contribution in [2.45, 2.75) is 18.9 Å². The van der Waals surface area contributed by atoms with Crippen molar-refractivity contribution in [1.82, 2.24) is 15.0 Å². The van der Waals surface area contributed by atoms with Crippen LogP contribution in [0.1, 0.15) is 22.5 Å². The van der Waals surface area contributed by atoms with Gasteiger partial charge in [-0.2, -0.15) is 0 Å². The Labute approximate surface area is 146 Å². The molecule has 1 saturated carbocycles. The minimum atomic E-state index is -0.581. The lowest BCUT2D eigenvalue weighted by molar-refractivity contribution is 0.100. The molecule has 122 valence electrons. The molecule has 1 aliphatic rings. The van der Waals surface area contributed by atoms with E-state index in [-0.39, 0.29) is 10.6 Å². The van der Waals surface area contributed by atoms with E-state index in [9.17, 15) is 4.79 Å². The lowest BCUT2D eigenvalue weighted by Gasteiger charge is -2.08. The Hall–Kier alpha value is -2.45. The molecule has 7 nitrogen and oxygen atoms in total. The van der Waals surface area contributed by atoms with Crippen molar-refractivity contribution in [2.75, 3.05) is 11.1 Å². The predicted molar refractivity (Wildman–Crippen MR) is 95.2 cm³/mol. The number of nitrogen functional groups attached to an aromatic ring is 1. The number of hydrogen-bond acceptors (Lipinski definition) is 7. The van der Waals surface area contributed by atoms with E-state index in [0.717, 1.165) is 24.2 Å². The Balaban J connectivity index is 1.98. The summed E-state index contributed by atoms with van der Waals surface area (Å²) in [4.78, 5) is 25.7. The second kappa shape index (κ2) is 5.57. The molecule has 1 fully saturated rings. The molecular weight excluding hydrogens is 348 g/mol. The van der Waals surface area contributed by atoms with E-state index in [1.165, 1.54) is 0 Å². The molecule has 0 radical (unpaired) electrons. The van der Waals surface area contributed by atoms with E-state index in [2.05, 4.69) is 20.3 Å². The molecule has 0 aliphatic heterocycles. The van der Waals surface area contributed by atoms with Gasteiger partial charge in [-0.05, 0) is 18.9 Å². The van der Waals surface area contributed by atoms with Gasteiger partial charge in [0.2, 0.25) is 5.95 Å². The van der Waals surface area contributed by atoms with Crippen molar-refractivity contribution in [3.8, 4) is 11.3 Å². The first-order valence-corrected chi connectivity index (χ1v) is 8.49. The van der Waals surface area contributed by atoms with Crippen molar-refractivity contribution in [2.24, 2.45) is 5.73 Å². The monoisotopic (exact) mass is 360 g/mol. The van der Waals surface area contributed by atoms with E-state index in [4.69, 9.17) is 23.1 Å². The van der Waals surface area contributed by atoms with E-state index < -0.39 is 5.91 Å². The number of hydrogen-bond donors (Lipinski definition) is 3. The number of rotatable bonds is 4. The molecule has 4 rings (SSSR count). The second-order valence-electron chi connectivity index (χ2n) is 5.60. The number of pyridine rings is 1. The lowest BCUT2D eigenvalue weighted by atomic mass is 10.1. The van der Waals surface area contributed by atoms with Gasteiger partial charge in [-0.1, -0.05) is 11.6 Å². The van der Waals surface area contributed by atoms with Crippen LogP contribution in [0, 0.1) is 0 Å². The zero-order valence-corrected chi connectivity index (χ0v) is 14.0. The second-order valence-corrected chi connectivity index (χ2v) is 7.03. The van der Waals surface area contributed by atoms with E-state index >= 15 is 0 Å². The van der Waals surface area contributed by atoms with Gasteiger partial charge in [-0.25, -0.2) is 9.97 Å². The van der Waals surface area contributed by atoms with Crippen LogP contribution in [0.15, 0.2) is 18.5 Å². The van der Waals surface area contributed by atoms with E-state index in [1.807, 2.05) is 0 Å². The highest BCUT2D eigenvalue weighted by molar-refractivity contribution is 7.21. The molecule has 3 aromatic heterocycles. The Morgan fingerprint density at radius 2 is 2.12 bits per heavy atom. The van der Waals surface area contributed by atoms with Crippen LogP contribution in [-0.2, 0) is 0 Å². The number of nitrogens with one attached hydrogen (secondary N) is 1. The van der Waals surface area contributed by atoms with Crippen LogP contribution in [0.2, 0.25) is 5.02 Å². The van der Waals surface area contributed by atoms with Crippen LogP contribution in [-0.4, -0.2) is 26.9 Å². The first-order valence-electron chi connectivity index (χ1n) is 7.30. The van der Waals surface area contributed by atoms with Crippen molar-refractivity contribution in [3.63, 3.8) is 0 Å². The maximum atomic E-state index is 11.6. The number of fused-ring (bicyclic) bond motifs is 1. The van der Waals surface area contributed by atoms with E-state index in [0.29, 0.717) is 38.5 Å². The van der Waals surface area contributed by atoms with Gasteiger partial charge in [0.05, 0.1) is 21.8 Å². The van der Waals surface area contributed by atoms with Gasteiger partial charge in [0.1, 0.15) is 9.71 Å². The number of nitrogens with zero attached hydrogens (tertiary/aromatic N) is 3. The van der Waals surface area contributed by atoms with Crippen LogP contribution in [0.5, 0.6) is 0 Å². The molecule has 0 bridgehead atoms. The minimum absolute atomic E-state index is 0.277. The summed E-state index contributed by atoms with van der Waals surface area (Å²) in [6, 6.07) is 2.14. The van der Waals surface area contributed by atoms with Crippen LogP contribution in [0.3, 0.4) is 0 Å². The molecule has 0 aromatic carbocycles. The van der Waals surface area contributed by atoms with Crippen molar-refractivity contribution >= 4 is 50.7 Å². The summed E-state index contributed by atoms with van der Waals surface area (Å²) in [5, 5.41) is 4.35. The molecule has 1 amide bonds. The highest BCUT2D eigenvalue weighted by Crippen LogP contribution is 2.39. The molecule has 3 heterocycles. The Morgan fingerprint density at radius 3 is 2.79 bits per heavy atom. The summed E-state index contributed by atoms with van der Waals surface area (Å²) >= 11 is 7.21. The number of halogens is 1. The molecule has 0 saturated heterocycles. The Kier molecular flexibility index (Phi) is 3.50. The average Bonchev–Trinajstić information content (AvgIpc) is 3.28. The smallest absolute Gasteiger partial charge is 0.260 e. The number of primary amides is 1. The van der Waals surface area contributed by atoms with Gasteiger partial charge in [0.25, 0.3) is 5.91 Å². The zero-order chi connectivity index (χ0) is 16.8. The van der Waals surface area contributed by atoms with Crippen LogP contribution >= 0.6 is 22.9 Å². The number of carbonyl (C=O) groups is 1. The third-order valence-electron chi connectivity index (χ3n) is 3.70. The molecule has 0 unspecified atom stereocenters. The topological polar surface area (TPSA) is 120 Å². The maximum absolute atomic E-state index is 11.6. The highest BCUT2D eigenvalue weighted by atomic mass is 35.5. The number of thiophene rings is 1. The number of carbonyl (C=O) groups excluding carboxylic acids is 1. The van der Waals surface area contributed by atoms with Crippen LogP contribution < -0.4 is 16.8 Å². The third-order valence-corrected chi connectivity index (χ3v) is 5.02. The SMILES string of the molecule is NC(=O)c1sc2nc(NC3CC3)nc(-c3cncc(Cl)c3)c2c1N. The number of aromatic nitrogens is 3. The number of amides is 1.